The number of carbonyl (C=O) groups excluding carboxylic acids is 2. The molecule has 0 amide bonds. The average Bonchev–Trinajstić information content (AvgIpc) is 1.36. The minimum atomic E-state index is -2.19. The molecule has 0 heterocycles. The van der Waals surface area contributed by atoms with Crippen LogP contribution in [0.25, 0.3) is 0 Å². The van der Waals surface area contributed by atoms with Crippen LogP contribution in [0.2, 0.25) is 0 Å². The average molecular weight is 234 g/mol. The van der Waals surface area contributed by atoms with Crippen LogP contribution >= 0.6 is 0 Å². The van der Waals surface area contributed by atoms with Gasteiger partial charge in [0.05, 0.1) is 11.9 Å². The van der Waals surface area contributed by atoms with E-state index in [4.69, 9.17) is 19.8 Å². The summed E-state index contributed by atoms with van der Waals surface area (Å²) >= 11 is 0. The van der Waals surface area contributed by atoms with Crippen molar-refractivity contribution in [2.75, 3.05) is 0 Å². The predicted octanol–water partition coefficient (Wildman–Crippen LogP) is -6.51. The van der Waals surface area contributed by atoms with Gasteiger partial charge in [-0.2, -0.15) is 0 Å². The summed E-state index contributed by atoms with van der Waals surface area (Å²) < 4.78 is 0. The fourth-order valence-electron chi connectivity index (χ4n) is 0. The zero-order chi connectivity index (χ0) is 5.15. The molecular weight excluding hydrogens is 234 g/mol. The summed E-state index contributed by atoms with van der Waals surface area (Å²) in [5, 5.41) is 17.9. The normalized spacial score (nSPS) is 5.50. The molecule has 4 nitrogen and oxygen atoms in total. The van der Waals surface area contributed by atoms with Crippen molar-refractivity contribution in [3.05, 3.63) is 0 Å². The number of carboxylic acids is 2. The van der Waals surface area contributed by atoms with E-state index in [-0.39, 0.29) is 71.8 Å². The van der Waals surface area contributed by atoms with Crippen molar-refractivity contribution in [3.8, 4) is 0 Å². The summed E-state index contributed by atoms with van der Waals surface area (Å²) in [4.78, 5) is 17.9. The Balaban J connectivity index is -0.000000125. The molecule has 6 heteroatoms. The van der Waals surface area contributed by atoms with Crippen molar-refractivity contribution in [2.45, 2.75) is 0 Å². The van der Waals surface area contributed by atoms with Crippen LogP contribution in [-0.4, -0.2) is 11.9 Å². The van der Waals surface area contributed by atoms with Gasteiger partial charge in [-0.05, 0) is 0 Å². The van der Waals surface area contributed by atoms with Crippen molar-refractivity contribution < 1.29 is 91.6 Å². The second-order valence-corrected chi connectivity index (χ2v) is 0.575. The first kappa shape index (κ1) is 16.1. The molecule has 42 valence electrons. The van der Waals surface area contributed by atoms with Gasteiger partial charge in [-0.25, -0.2) is 0 Å². The Kier molecular flexibility index (Phi) is 16.6. The van der Waals surface area contributed by atoms with Crippen molar-refractivity contribution in [3.63, 3.8) is 0 Å². The molecule has 0 N–H and O–H groups in total. The van der Waals surface area contributed by atoms with Gasteiger partial charge in [0, 0.05) is 0 Å². The topological polar surface area (TPSA) is 80.3 Å². The van der Waals surface area contributed by atoms with Crippen LogP contribution in [0.3, 0.4) is 0 Å². The first-order valence-electron chi connectivity index (χ1n) is 1.07. The van der Waals surface area contributed by atoms with Crippen molar-refractivity contribution in [1.82, 2.24) is 0 Å². The van der Waals surface area contributed by atoms with E-state index in [1.165, 1.54) is 0 Å². The van der Waals surface area contributed by atoms with Gasteiger partial charge < -0.3 is 19.8 Å². The predicted molar refractivity (Wildman–Crippen MR) is 10.0 cm³/mol. The van der Waals surface area contributed by atoms with Crippen molar-refractivity contribution in [1.29, 1.82) is 0 Å². The third kappa shape index (κ3) is 10.3. The summed E-state index contributed by atoms with van der Waals surface area (Å²) in [5.74, 6) is -4.37. The molecule has 0 fully saturated rings. The van der Waals surface area contributed by atoms with E-state index in [0.717, 1.165) is 0 Å². The SMILES string of the molecule is O=C([O-])C(=O)[O-].[K+].[Pd+2]. The van der Waals surface area contributed by atoms with Crippen molar-refractivity contribution in [2.24, 2.45) is 0 Å². The standard InChI is InChI=1S/C2H2O4.K.Pd/c3-1(4)2(5)6;;/h(H,3,4)(H,5,6);;/q;+1;+2/p-2. The summed E-state index contributed by atoms with van der Waals surface area (Å²) in [7, 11) is 0. The van der Waals surface area contributed by atoms with E-state index < -0.39 is 11.9 Å². The van der Waals surface area contributed by atoms with Gasteiger partial charge in [-0.3, -0.25) is 0 Å². The van der Waals surface area contributed by atoms with Crippen LogP contribution in [0.1, 0.15) is 0 Å². The summed E-state index contributed by atoms with van der Waals surface area (Å²) in [5.41, 5.74) is 0. The van der Waals surface area contributed by atoms with Crippen LogP contribution < -0.4 is 61.6 Å². The Hall–Kier alpha value is 1.24. The molecule has 0 bridgehead atoms. The van der Waals surface area contributed by atoms with Gasteiger partial charge in [0.2, 0.25) is 0 Å². The van der Waals surface area contributed by atoms with Gasteiger partial charge in [-0.1, -0.05) is 0 Å². The number of hydrogen-bond acceptors (Lipinski definition) is 4. The quantitative estimate of drug-likeness (QED) is 0.308. The maximum Gasteiger partial charge on any atom is 2.00 e. The van der Waals surface area contributed by atoms with E-state index in [9.17, 15) is 0 Å². The van der Waals surface area contributed by atoms with E-state index in [1.54, 1.807) is 0 Å². The molecule has 0 saturated heterocycles. The number of carboxylic acid groups (broad SMARTS) is 2. The molecule has 8 heavy (non-hydrogen) atoms. The molecule has 0 aromatic heterocycles. The first-order valence-corrected chi connectivity index (χ1v) is 1.07. The second kappa shape index (κ2) is 8.24. The minimum Gasteiger partial charge on any atom is -0.543 e. The van der Waals surface area contributed by atoms with Crippen LogP contribution in [0.4, 0.5) is 0 Å². The van der Waals surface area contributed by atoms with Gasteiger partial charge in [0.15, 0.2) is 0 Å². The van der Waals surface area contributed by atoms with Gasteiger partial charge >= 0.3 is 71.8 Å². The van der Waals surface area contributed by atoms with Crippen LogP contribution in [-0.2, 0) is 30.0 Å². The molecule has 0 aliphatic carbocycles. The zero-order valence-corrected chi connectivity index (χ0v) is 8.63. The molecular formula is C2KO4Pd+. The molecule has 0 aliphatic rings. The fourth-order valence-corrected chi connectivity index (χ4v) is 0. The second-order valence-electron chi connectivity index (χ2n) is 0.575. The van der Waals surface area contributed by atoms with E-state index in [0.29, 0.717) is 0 Å². The number of rotatable bonds is 0. The van der Waals surface area contributed by atoms with Gasteiger partial charge in [-0.15, -0.1) is 0 Å². The zero-order valence-electron chi connectivity index (χ0n) is 3.95. The van der Waals surface area contributed by atoms with E-state index >= 15 is 0 Å². The third-order valence-corrected chi connectivity index (χ3v) is 0.167. The summed E-state index contributed by atoms with van der Waals surface area (Å²) in [6.07, 6.45) is 0. The Morgan fingerprint density at radius 1 is 1.00 bits per heavy atom. The summed E-state index contributed by atoms with van der Waals surface area (Å²) in [6, 6.07) is 0. The molecule has 0 saturated carbocycles. The van der Waals surface area contributed by atoms with Gasteiger partial charge in [0.1, 0.15) is 0 Å². The third-order valence-electron chi connectivity index (χ3n) is 0.167. The monoisotopic (exact) mass is 233 g/mol. The van der Waals surface area contributed by atoms with Gasteiger partial charge in [0.25, 0.3) is 0 Å². The Morgan fingerprint density at radius 2 is 1.12 bits per heavy atom. The number of hydrogen-bond donors (Lipinski definition) is 0. The minimum absolute atomic E-state index is 0. The molecule has 0 aliphatic heterocycles. The number of aliphatic carboxylic acids is 2. The molecule has 0 radical (unpaired) electrons. The maximum atomic E-state index is 8.93. The Bertz CT molecular complexity index is 80.0. The number of carbonyl (C=O) groups is 2. The maximum absolute atomic E-state index is 8.93. The van der Waals surface area contributed by atoms with Crippen LogP contribution in [0.5, 0.6) is 0 Å². The van der Waals surface area contributed by atoms with Crippen LogP contribution in [0, 0.1) is 0 Å². The first-order chi connectivity index (χ1) is 2.64. The molecule has 0 atom stereocenters. The Labute approximate surface area is 102 Å². The smallest absolute Gasteiger partial charge is 0.543 e. The fraction of sp³-hybridized carbons (Fsp3) is 0. The molecule has 0 aromatic rings. The van der Waals surface area contributed by atoms with E-state index in [1.807, 2.05) is 0 Å². The molecule has 0 unspecified atom stereocenters. The Morgan fingerprint density at radius 3 is 1.12 bits per heavy atom. The molecule has 0 rings (SSSR count). The summed E-state index contributed by atoms with van der Waals surface area (Å²) in [6.45, 7) is 0. The van der Waals surface area contributed by atoms with E-state index in [2.05, 4.69) is 0 Å². The molecule has 0 aromatic carbocycles. The van der Waals surface area contributed by atoms with Crippen LogP contribution in [0.15, 0.2) is 0 Å². The molecule has 0 spiro atoms. The largest absolute Gasteiger partial charge is 2.00 e. The van der Waals surface area contributed by atoms with Crippen molar-refractivity contribution >= 4 is 11.9 Å².